The fraction of sp³-hybridized carbons (Fsp3) is 0.533. The second-order valence-corrected chi connectivity index (χ2v) is 8.04. The smallest absolute Gasteiger partial charge is 0.243 e. The van der Waals surface area contributed by atoms with E-state index in [1.807, 2.05) is 13.8 Å². The zero-order valence-corrected chi connectivity index (χ0v) is 16.5. The second-order valence-electron chi connectivity index (χ2n) is 5.56. The number of sulfonamides is 1. The Balaban J connectivity index is 0.00000529. The lowest BCUT2D eigenvalue weighted by atomic mass is 9.94. The predicted molar refractivity (Wildman–Crippen MR) is 99.0 cm³/mol. The molecule has 0 radical (unpaired) electrons. The SMILES string of the molecule is CCC(N)(CC)CNC(=O)CN(C)S(=O)(=O)c1ccc(Cl)cc1.Cl. The second kappa shape index (κ2) is 9.58. The molecule has 6 nitrogen and oxygen atoms in total. The molecular weight excluding hydrogens is 373 g/mol. The fourth-order valence-corrected chi connectivity index (χ4v) is 3.16. The maximum Gasteiger partial charge on any atom is 0.243 e. The third-order valence-corrected chi connectivity index (χ3v) is 6.00. The van der Waals surface area contributed by atoms with Crippen LogP contribution in [-0.2, 0) is 14.8 Å². The molecule has 1 aromatic rings. The number of carbonyl (C=O) groups is 1. The number of rotatable bonds is 8. The maximum absolute atomic E-state index is 12.4. The van der Waals surface area contributed by atoms with Crippen LogP contribution in [0.4, 0.5) is 0 Å². The molecule has 0 saturated carbocycles. The highest BCUT2D eigenvalue weighted by molar-refractivity contribution is 7.89. The van der Waals surface area contributed by atoms with Gasteiger partial charge in [0.2, 0.25) is 15.9 Å². The van der Waals surface area contributed by atoms with Crippen molar-refractivity contribution in [3.05, 3.63) is 29.3 Å². The van der Waals surface area contributed by atoms with Gasteiger partial charge in [0.1, 0.15) is 0 Å². The van der Waals surface area contributed by atoms with Gasteiger partial charge in [0.25, 0.3) is 0 Å². The van der Waals surface area contributed by atoms with E-state index < -0.39 is 15.6 Å². The molecule has 0 fully saturated rings. The zero-order chi connectivity index (χ0) is 17.7. The monoisotopic (exact) mass is 397 g/mol. The van der Waals surface area contributed by atoms with E-state index in [1.165, 1.54) is 31.3 Å². The van der Waals surface area contributed by atoms with Crippen LogP contribution < -0.4 is 11.1 Å². The van der Waals surface area contributed by atoms with Crippen LogP contribution in [0.25, 0.3) is 0 Å². The van der Waals surface area contributed by atoms with Gasteiger partial charge in [-0.25, -0.2) is 8.42 Å². The first kappa shape index (κ1) is 23.1. The number of benzene rings is 1. The average Bonchev–Trinajstić information content (AvgIpc) is 2.53. The van der Waals surface area contributed by atoms with Gasteiger partial charge in [-0.3, -0.25) is 4.79 Å². The van der Waals surface area contributed by atoms with Gasteiger partial charge in [-0.2, -0.15) is 4.31 Å². The average molecular weight is 398 g/mol. The standard InChI is InChI=1S/C15H24ClN3O3S.ClH/c1-4-15(17,5-2)11-18-14(20)10-19(3)23(21,22)13-8-6-12(16)7-9-13;/h6-9H,4-5,10-11,17H2,1-3H3,(H,18,20);1H. The van der Waals surface area contributed by atoms with Crippen LogP contribution in [0.3, 0.4) is 0 Å². The molecule has 3 N–H and O–H groups in total. The summed E-state index contributed by atoms with van der Waals surface area (Å²) < 4.78 is 25.7. The normalized spacial score (nSPS) is 11.9. The molecule has 0 unspecified atom stereocenters. The molecule has 1 amide bonds. The van der Waals surface area contributed by atoms with E-state index in [1.54, 1.807) is 0 Å². The molecule has 0 atom stereocenters. The first-order valence-electron chi connectivity index (χ1n) is 7.42. The van der Waals surface area contributed by atoms with Crippen molar-refractivity contribution >= 4 is 39.9 Å². The topological polar surface area (TPSA) is 92.5 Å². The Morgan fingerprint density at radius 2 is 1.75 bits per heavy atom. The van der Waals surface area contributed by atoms with Gasteiger partial charge in [-0.15, -0.1) is 12.4 Å². The summed E-state index contributed by atoms with van der Waals surface area (Å²) in [5.41, 5.74) is 5.64. The lowest BCUT2D eigenvalue weighted by Gasteiger charge is -2.27. The molecule has 1 aromatic carbocycles. The van der Waals surface area contributed by atoms with Crippen molar-refractivity contribution in [3.8, 4) is 0 Å². The number of carbonyl (C=O) groups excluding carboxylic acids is 1. The molecule has 138 valence electrons. The van der Waals surface area contributed by atoms with Crippen molar-refractivity contribution in [2.24, 2.45) is 5.73 Å². The van der Waals surface area contributed by atoms with Crippen LogP contribution in [-0.4, -0.2) is 44.3 Å². The highest BCUT2D eigenvalue weighted by Crippen LogP contribution is 2.17. The minimum absolute atomic E-state index is 0. The first-order chi connectivity index (χ1) is 10.6. The number of halogens is 2. The van der Waals surface area contributed by atoms with E-state index in [0.717, 1.165) is 17.1 Å². The van der Waals surface area contributed by atoms with Crippen molar-refractivity contribution < 1.29 is 13.2 Å². The Morgan fingerprint density at radius 3 is 2.21 bits per heavy atom. The minimum atomic E-state index is -3.73. The van der Waals surface area contributed by atoms with Crippen molar-refractivity contribution in [3.63, 3.8) is 0 Å². The molecule has 0 spiro atoms. The van der Waals surface area contributed by atoms with E-state index >= 15 is 0 Å². The van der Waals surface area contributed by atoms with Gasteiger partial charge in [0, 0.05) is 24.2 Å². The Hall–Kier alpha value is -0.860. The van der Waals surface area contributed by atoms with Gasteiger partial charge < -0.3 is 11.1 Å². The van der Waals surface area contributed by atoms with Crippen LogP contribution in [0.2, 0.25) is 5.02 Å². The molecule has 0 aliphatic heterocycles. The van der Waals surface area contributed by atoms with Gasteiger partial charge in [0.05, 0.1) is 11.4 Å². The Morgan fingerprint density at radius 1 is 1.25 bits per heavy atom. The van der Waals surface area contributed by atoms with Crippen LogP contribution in [0.5, 0.6) is 0 Å². The lowest BCUT2D eigenvalue weighted by Crippen LogP contribution is -2.51. The highest BCUT2D eigenvalue weighted by atomic mass is 35.5. The third-order valence-electron chi connectivity index (χ3n) is 3.93. The Labute approximate surface area is 155 Å². The zero-order valence-electron chi connectivity index (χ0n) is 14.1. The number of nitrogens with one attached hydrogen (secondary N) is 1. The Kier molecular flexibility index (Phi) is 9.24. The molecule has 0 bridgehead atoms. The molecule has 0 aliphatic rings. The number of nitrogens with zero attached hydrogens (tertiary/aromatic N) is 1. The fourth-order valence-electron chi connectivity index (χ4n) is 1.90. The van der Waals surface area contributed by atoms with Crippen LogP contribution in [0.1, 0.15) is 26.7 Å². The molecule has 0 saturated heterocycles. The van der Waals surface area contributed by atoms with Crippen LogP contribution in [0.15, 0.2) is 29.2 Å². The number of likely N-dealkylation sites (N-methyl/N-ethyl adjacent to an activating group) is 1. The first-order valence-corrected chi connectivity index (χ1v) is 9.24. The van der Waals surface area contributed by atoms with Crippen molar-refractivity contribution in [1.82, 2.24) is 9.62 Å². The van der Waals surface area contributed by atoms with E-state index in [9.17, 15) is 13.2 Å². The summed E-state index contributed by atoms with van der Waals surface area (Å²) in [5.74, 6) is -0.387. The van der Waals surface area contributed by atoms with Crippen molar-refractivity contribution in [2.45, 2.75) is 37.1 Å². The Bertz CT molecular complexity index is 632. The number of nitrogens with two attached hydrogens (primary N) is 1. The quantitative estimate of drug-likeness (QED) is 0.701. The highest BCUT2D eigenvalue weighted by Gasteiger charge is 2.25. The number of hydrogen-bond acceptors (Lipinski definition) is 4. The summed E-state index contributed by atoms with van der Waals surface area (Å²) in [6.07, 6.45) is 1.45. The molecule has 0 heterocycles. The van der Waals surface area contributed by atoms with Gasteiger partial charge in [-0.1, -0.05) is 25.4 Å². The third kappa shape index (κ3) is 6.22. The summed E-state index contributed by atoms with van der Waals surface area (Å²) in [7, 11) is -2.37. The van der Waals surface area contributed by atoms with Crippen LogP contribution >= 0.6 is 24.0 Å². The molecule has 0 aliphatic carbocycles. The summed E-state index contributed by atoms with van der Waals surface area (Å²) >= 11 is 5.75. The van der Waals surface area contributed by atoms with E-state index in [0.29, 0.717) is 11.6 Å². The van der Waals surface area contributed by atoms with Crippen molar-refractivity contribution in [2.75, 3.05) is 20.1 Å². The van der Waals surface area contributed by atoms with Gasteiger partial charge in [-0.05, 0) is 37.1 Å². The summed E-state index contributed by atoms with van der Waals surface area (Å²) in [5, 5.41) is 3.14. The maximum atomic E-state index is 12.4. The molecule has 0 aromatic heterocycles. The number of hydrogen-bond donors (Lipinski definition) is 2. The predicted octanol–water partition coefficient (Wildman–Crippen LogP) is 2.02. The van der Waals surface area contributed by atoms with Crippen molar-refractivity contribution in [1.29, 1.82) is 0 Å². The largest absolute Gasteiger partial charge is 0.353 e. The van der Waals surface area contributed by atoms with Gasteiger partial charge in [0.15, 0.2) is 0 Å². The molecule has 1 rings (SSSR count). The van der Waals surface area contributed by atoms with Gasteiger partial charge >= 0.3 is 0 Å². The molecular formula is C15H25Cl2N3O3S. The summed E-state index contributed by atoms with van der Waals surface area (Å²) in [6.45, 7) is 3.95. The summed E-state index contributed by atoms with van der Waals surface area (Å²) in [6, 6.07) is 5.80. The lowest BCUT2D eigenvalue weighted by molar-refractivity contribution is -0.121. The number of amides is 1. The van der Waals surface area contributed by atoms with E-state index in [-0.39, 0.29) is 29.8 Å². The molecule has 9 heteroatoms. The molecule has 24 heavy (non-hydrogen) atoms. The van der Waals surface area contributed by atoms with E-state index in [2.05, 4.69) is 5.32 Å². The minimum Gasteiger partial charge on any atom is -0.353 e. The van der Waals surface area contributed by atoms with Crippen LogP contribution in [0, 0.1) is 0 Å². The van der Waals surface area contributed by atoms with E-state index in [4.69, 9.17) is 17.3 Å². The summed E-state index contributed by atoms with van der Waals surface area (Å²) in [4.78, 5) is 12.1.